The lowest BCUT2D eigenvalue weighted by Gasteiger charge is -2.41. The standard InChI is InChI=1S/C20H30N2O3S/c1-3-22(4-2)26(24,25)19-11-7-10-17(14-19)20(23)21-13-12-16-8-5-6-9-18(16)15-21/h7,10-11,14,16,18H,3-6,8-9,12-13,15H2,1-2H3/t16-,18+/m0/s1. The Morgan fingerprint density at radius 2 is 1.81 bits per heavy atom. The molecule has 2 aliphatic rings. The maximum Gasteiger partial charge on any atom is 0.253 e. The largest absolute Gasteiger partial charge is 0.338 e. The van der Waals surface area contributed by atoms with Crippen molar-refractivity contribution in [2.75, 3.05) is 26.2 Å². The van der Waals surface area contributed by atoms with Crippen LogP contribution in [0, 0.1) is 11.8 Å². The van der Waals surface area contributed by atoms with Crippen LogP contribution in [0.2, 0.25) is 0 Å². The Balaban J connectivity index is 1.78. The van der Waals surface area contributed by atoms with Crippen molar-refractivity contribution in [3.05, 3.63) is 29.8 Å². The van der Waals surface area contributed by atoms with Gasteiger partial charge in [0, 0.05) is 31.7 Å². The van der Waals surface area contributed by atoms with E-state index in [-0.39, 0.29) is 10.8 Å². The zero-order valence-electron chi connectivity index (χ0n) is 15.9. The minimum atomic E-state index is -3.54. The molecule has 1 aromatic carbocycles. The fourth-order valence-electron chi connectivity index (χ4n) is 4.47. The van der Waals surface area contributed by atoms with Gasteiger partial charge >= 0.3 is 0 Å². The molecule has 5 nitrogen and oxygen atoms in total. The SMILES string of the molecule is CCN(CC)S(=O)(=O)c1cccc(C(=O)N2CC[C@@H]3CCCC[C@@H]3C2)c1. The van der Waals surface area contributed by atoms with Gasteiger partial charge in [-0.05, 0) is 42.9 Å². The number of hydrogen-bond acceptors (Lipinski definition) is 3. The second-order valence-electron chi connectivity index (χ2n) is 7.46. The number of piperidine rings is 1. The van der Waals surface area contributed by atoms with Crippen LogP contribution in [0.1, 0.15) is 56.3 Å². The van der Waals surface area contributed by atoms with E-state index in [0.717, 1.165) is 25.4 Å². The molecule has 0 spiro atoms. The number of nitrogens with zero attached hydrogens (tertiary/aromatic N) is 2. The van der Waals surface area contributed by atoms with E-state index in [2.05, 4.69) is 0 Å². The quantitative estimate of drug-likeness (QED) is 0.789. The van der Waals surface area contributed by atoms with Gasteiger partial charge in [0.1, 0.15) is 0 Å². The van der Waals surface area contributed by atoms with Gasteiger partial charge in [-0.15, -0.1) is 0 Å². The molecule has 2 atom stereocenters. The highest BCUT2D eigenvalue weighted by Crippen LogP contribution is 2.36. The molecular formula is C20H30N2O3S. The molecule has 6 heteroatoms. The maximum atomic E-state index is 13.0. The second-order valence-corrected chi connectivity index (χ2v) is 9.40. The number of hydrogen-bond donors (Lipinski definition) is 0. The molecular weight excluding hydrogens is 348 g/mol. The molecule has 0 radical (unpaired) electrons. The highest BCUT2D eigenvalue weighted by Gasteiger charge is 2.33. The van der Waals surface area contributed by atoms with E-state index in [0.29, 0.717) is 24.6 Å². The lowest BCUT2D eigenvalue weighted by Crippen LogP contribution is -2.44. The van der Waals surface area contributed by atoms with Gasteiger partial charge in [0.15, 0.2) is 0 Å². The molecule has 1 saturated heterocycles. The van der Waals surface area contributed by atoms with Crippen LogP contribution in [0.5, 0.6) is 0 Å². The van der Waals surface area contributed by atoms with Crippen molar-refractivity contribution < 1.29 is 13.2 Å². The average Bonchev–Trinajstić information content (AvgIpc) is 2.68. The summed E-state index contributed by atoms with van der Waals surface area (Å²) in [4.78, 5) is 15.1. The Kier molecular flexibility index (Phi) is 6.03. The summed E-state index contributed by atoms with van der Waals surface area (Å²) in [7, 11) is -3.54. The maximum absolute atomic E-state index is 13.0. The summed E-state index contributed by atoms with van der Waals surface area (Å²) < 4.78 is 26.9. The Hall–Kier alpha value is -1.40. The van der Waals surface area contributed by atoms with Gasteiger partial charge in [0.25, 0.3) is 5.91 Å². The molecule has 2 fully saturated rings. The van der Waals surface area contributed by atoms with Crippen LogP contribution in [-0.4, -0.2) is 49.7 Å². The Morgan fingerprint density at radius 3 is 2.50 bits per heavy atom. The molecule has 26 heavy (non-hydrogen) atoms. The third-order valence-electron chi connectivity index (χ3n) is 6.00. The van der Waals surface area contributed by atoms with Crippen molar-refractivity contribution in [3.63, 3.8) is 0 Å². The molecule has 0 bridgehead atoms. The molecule has 0 unspecified atom stereocenters. The third-order valence-corrected chi connectivity index (χ3v) is 8.05. The van der Waals surface area contributed by atoms with Crippen LogP contribution in [0.4, 0.5) is 0 Å². The monoisotopic (exact) mass is 378 g/mol. The van der Waals surface area contributed by atoms with Gasteiger partial charge in [-0.1, -0.05) is 39.2 Å². The molecule has 1 heterocycles. The molecule has 1 aliphatic carbocycles. The zero-order chi connectivity index (χ0) is 18.7. The van der Waals surface area contributed by atoms with Crippen molar-refractivity contribution in [2.45, 2.75) is 50.8 Å². The van der Waals surface area contributed by atoms with E-state index in [1.165, 1.54) is 30.0 Å². The van der Waals surface area contributed by atoms with Crippen molar-refractivity contribution >= 4 is 15.9 Å². The topological polar surface area (TPSA) is 57.7 Å². The number of fused-ring (bicyclic) bond motifs is 1. The van der Waals surface area contributed by atoms with Crippen molar-refractivity contribution in [1.29, 1.82) is 0 Å². The van der Waals surface area contributed by atoms with Crippen molar-refractivity contribution in [1.82, 2.24) is 9.21 Å². The fraction of sp³-hybridized carbons (Fsp3) is 0.650. The first kappa shape index (κ1) is 19.4. The molecule has 0 N–H and O–H groups in total. The number of rotatable bonds is 5. The predicted molar refractivity (Wildman–Crippen MR) is 103 cm³/mol. The highest BCUT2D eigenvalue weighted by atomic mass is 32.2. The van der Waals surface area contributed by atoms with Crippen molar-refractivity contribution in [2.24, 2.45) is 11.8 Å². The Bertz CT molecular complexity index is 743. The van der Waals surface area contributed by atoms with E-state index < -0.39 is 10.0 Å². The summed E-state index contributed by atoms with van der Waals surface area (Å²) in [5.41, 5.74) is 0.479. The lowest BCUT2D eigenvalue weighted by molar-refractivity contribution is 0.0520. The van der Waals surface area contributed by atoms with E-state index in [4.69, 9.17) is 0 Å². The first-order valence-corrected chi connectivity index (χ1v) is 11.3. The van der Waals surface area contributed by atoms with Crippen LogP contribution < -0.4 is 0 Å². The first-order valence-electron chi connectivity index (χ1n) is 9.86. The number of amides is 1. The number of benzene rings is 1. The van der Waals surface area contributed by atoms with Crippen LogP contribution in [0.15, 0.2) is 29.2 Å². The molecule has 1 saturated carbocycles. The summed E-state index contributed by atoms with van der Waals surface area (Å²) in [5.74, 6) is 1.34. The Labute approximate surface area is 157 Å². The minimum Gasteiger partial charge on any atom is -0.338 e. The fourth-order valence-corrected chi connectivity index (χ4v) is 5.97. The van der Waals surface area contributed by atoms with Gasteiger partial charge in [0.05, 0.1) is 4.90 Å². The summed E-state index contributed by atoms with van der Waals surface area (Å²) in [6.07, 6.45) is 6.17. The van der Waals surface area contributed by atoms with Gasteiger partial charge < -0.3 is 4.90 Å². The van der Waals surface area contributed by atoms with Crippen LogP contribution in [-0.2, 0) is 10.0 Å². The summed E-state index contributed by atoms with van der Waals surface area (Å²) in [6, 6.07) is 6.54. The number of likely N-dealkylation sites (tertiary alicyclic amines) is 1. The van der Waals surface area contributed by atoms with E-state index in [1.807, 2.05) is 18.7 Å². The van der Waals surface area contributed by atoms with Crippen LogP contribution in [0.25, 0.3) is 0 Å². The van der Waals surface area contributed by atoms with Crippen molar-refractivity contribution in [3.8, 4) is 0 Å². The normalized spacial score (nSPS) is 23.7. The van der Waals surface area contributed by atoms with Gasteiger partial charge in [0.2, 0.25) is 10.0 Å². The van der Waals surface area contributed by atoms with Gasteiger partial charge in [-0.25, -0.2) is 8.42 Å². The predicted octanol–water partition coefficient (Wildman–Crippen LogP) is 3.37. The lowest BCUT2D eigenvalue weighted by atomic mass is 9.75. The summed E-state index contributed by atoms with van der Waals surface area (Å²) >= 11 is 0. The number of carbonyl (C=O) groups excluding carboxylic acids is 1. The van der Waals surface area contributed by atoms with E-state index >= 15 is 0 Å². The minimum absolute atomic E-state index is 0.0365. The first-order chi connectivity index (χ1) is 12.5. The van der Waals surface area contributed by atoms with Gasteiger partial charge in [-0.2, -0.15) is 4.31 Å². The molecule has 1 aliphatic heterocycles. The van der Waals surface area contributed by atoms with Gasteiger partial charge in [-0.3, -0.25) is 4.79 Å². The molecule has 1 aromatic rings. The summed E-state index contributed by atoms with van der Waals surface area (Å²) in [6.45, 7) is 6.09. The zero-order valence-corrected chi connectivity index (χ0v) is 16.7. The smallest absolute Gasteiger partial charge is 0.253 e. The number of carbonyl (C=O) groups is 1. The van der Waals surface area contributed by atoms with E-state index in [1.54, 1.807) is 24.3 Å². The number of sulfonamides is 1. The van der Waals surface area contributed by atoms with Crippen LogP contribution in [0.3, 0.4) is 0 Å². The summed E-state index contributed by atoms with van der Waals surface area (Å²) in [5, 5.41) is 0. The molecule has 3 rings (SSSR count). The average molecular weight is 379 g/mol. The van der Waals surface area contributed by atoms with E-state index in [9.17, 15) is 13.2 Å². The Morgan fingerprint density at radius 1 is 1.12 bits per heavy atom. The molecule has 1 amide bonds. The second kappa shape index (κ2) is 8.09. The highest BCUT2D eigenvalue weighted by molar-refractivity contribution is 7.89. The molecule has 144 valence electrons. The van der Waals surface area contributed by atoms with Crippen LogP contribution >= 0.6 is 0 Å². The third kappa shape index (κ3) is 3.81. The molecule has 0 aromatic heterocycles.